The molecule has 1 N–H and O–H groups in total. The topological polar surface area (TPSA) is 78.9 Å². The van der Waals surface area contributed by atoms with Crippen LogP contribution in [0.2, 0.25) is 0 Å². The zero-order chi connectivity index (χ0) is 23.1. The van der Waals surface area contributed by atoms with Gasteiger partial charge in [-0.15, -0.1) is 0 Å². The highest BCUT2D eigenvalue weighted by atomic mass is 32.2. The Kier molecular flexibility index (Phi) is 7.26. The average molecular weight is 466 g/mol. The molecule has 0 bridgehead atoms. The van der Waals surface area contributed by atoms with Crippen molar-refractivity contribution < 1.29 is 17.9 Å². The molecule has 0 aliphatic carbocycles. The molecule has 8 heteroatoms. The van der Waals surface area contributed by atoms with Gasteiger partial charge in [0.15, 0.2) is 6.61 Å². The van der Waals surface area contributed by atoms with Crippen LogP contribution in [0.3, 0.4) is 0 Å². The van der Waals surface area contributed by atoms with E-state index >= 15 is 0 Å². The fraction of sp³-hybridized carbons (Fsp3) is 0.240. The molecule has 1 aliphatic heterocycles. The van der Waals surface area contributed by atoms with Gasteiger partial charge in [0.2, 0.25) is 0 Å². The fourth-order valence-corrected chi connectivity index (χ4v) is 4.73. The first-order valence-electron chi connectivity index (χ1n) is 10.8. The smallest absolute Gasteiger partial charge is 0.261 e. The first kappa shape index (κ1) is 22.8. The Bertz CT molecular complexity index is 1150. The molecule has 0 atom stereocenters. The number of piperazine rings is 1. The lowest BCUT2D eigenvalue weighted by Crippen LogP contribution is -2.49. The van der Waals surface area contributed by atoms with Gasteiger partial charge < -0.3 is 9.64 Å². The van der Waals surface area contributed by atoms with E-state index in [9.17, 15) is 13.2 Å². The van der Waals surface area contributed by atoms with Gasteiger partial charge >= 0.3 is 0 Å². The van der Waals surface area contributed by atoms with E-state index in [0.717, 1.165) is 19.6 Å². The van der Waals surface area contributed by atoms with Crippen molar-refractivity contribution in [1.82, 2.24) is 9.80 Å². The van der Waals surface area contributed by atoms with Crippen molar-refractivity contribution in [3.8, 4) is 5.75 Å². The van der Waals surface area contributed by atoms with E-state index in [2.05, 4.69) is 21.8 Å². The van der Waals surface area contributed by atoms with Crippen molar-refractivity contribution in [3.05, 3.63) is 90.5 Å². The third-order valence-corrected chi connectivity index (χ3v) is 6.89. The Morgan fingerprint density at radius 3 is 2.06 bits per heavy atom. The number of carbonyl (C=O) groups is 1. The molecule has 0 unspecified atom stereocenters. The van der Waals surface area contributed by atoms with Gasteiger partial charge in [-0.2, -0.15) is 0 Å². The van der Waals surface area contributed by atoms with E-state index in [-0.39, 0.29) is 17.4 Å². The number of hydrogen-bond acceptors (Lipinski definition) is 5. The van der Waals surface area contributed by atoms with Gasteiger partial charge in [0, 0.05) is 38.4 Å². The molecule has 33 heavy (non-hydrogen) atoms. The Balaban J connectivity index is 1.24. The van der Waals surface area contributed by atoms with Crippen LogP contribution in [0.5, 0.6) is 5.75 Å². The Morgan fingerprint density at radius 2 is 1.42 bits per heavy atom. The predicted molar refractivity (Wildman–Crippen MR) is 127 cm³/mol. The van der Waals surface area contributed by atoms with Gasteiger partial charge in [0.25, 0.3) is 15.9 Å². The van der Waals surface area contributed by atoms with Crippen LogP contribution in [0.4, 0.5) is 5.69 Å². The fourth-order valence-electron chi connectivity index (χ4n) is 3.67. The highest BCUT2D eigenvalue weighted by Crippen LogP contribution is 2.19. The number of rotatable bonds is 8. The van der Waals surface area contributed by atoms with Crippen LogP contribution in [0.15, 0.2) is 89.8 Å². The van der Waals surface area contributed by atoms with E-state index in [1.54, 1.807) is 36.4 Å². The molecule has 0 spiro atoms. The molecule has 0 aromatic heterocycles. The van der Waals surface area contributed by atoms with Crippen molar-refractivity contribution in [2.75, 3.05) is 37.5 Å². The summed E-state index contributed by atoms with van der Waals surface area (Å²) in [6.45, 7) is 3.78. The molecule has 1 amide bonds. The van der Waals surface area contributed by atoms with E-state index < -0.39 is 10.0 Å². The third-order valence-electron chi connectivity index (χ3n) is 5.50. The summed E-state index contributed by atoms with van der Waals surface area (Å²) in [4.78, 5) is 16.8. The Morgan fingerprint density at radius 1 is 0.818 bits per heavy atom. The standard InChI is InChI=1S/C25H27N3O4S/c29-25(28-17-15-27(16-18-28)19-21-7-3-1-4-8-21)20-32-23-11-13-24(14-12-23)33(30,31)26-22-9-5-2-6-10-22/h1-14,26H,15-20H2. The monoisotopic (exact) mass is 465 g/mol. The molecule has 172 valence electrons. The van der Waals surface area contributed by atoms with E-state index in [1.807, 2.05) is 29.2 Å². The highest BCUT2D eigenvalue weighted by molar-refractivity contribution is 7.92. The van der Waals surface area contributed by atoms with Gasteiger partial charge in [-0.25, -0.2) is 8.42 Å². The molecule has 3 aromatic carbocycles. The van der Waals surface area contributed by atoms with E-state index in [0.29, 0.717) is 24.5 Å². The first-order chi connectivity index (χ1) is 16.0. The summed E-state index contributed by atoms with van der Waals surface area (Å²) in [5.74, 6) is 0.376. The largest absolute Gasteiger partial charge is 0.484 e. The first-order valence-corrected chi connectivity index (χ1v) is 12.3. The Hall–Kier alpha value is -3.36. The van der Waals surface area contributed by atoms with Gasteiger partial charge in [-0.1, -0.05) is 48.5 Å². The van der Waals surface area contributed by atoms with E-state index in [4.69, 9.17) is 4.74 Å². The second-order valence-corrected chi connectivity index (χ2v) is 9.56. The molecular formula is C25H27N3O4S. The number of benzene rings is 3. The van der Waals surface area contributed by atoms with Crippen LogP contribution in [-0.2, 0) is 21.4 Å². The maximum absolute atomic E-state index is 12.5. The minimum atomic E-state index is -3.69. The van der Waals surface area contributed by atoms with Gasteiger partial charge in [0.05, 0.1) is 4.90 Å². The van der Waals surface area contributed by atoms with Gasteiger partial charge in [0.1, 0.15) is 5.75 Å². The Labute approximate surface area is 194 Å². The maximum atomic E-state index is 12.5. The van der Waals surface area contributed by atoms with Crippen molar-refractivity contribution in [1.29, 1.82) is 0 Å². The lowest BCUT2D eigenvalue weighted by atomic mass is 10.2. The van der Waals surface area contributed by atoms with E-state index in [1.165, 1.54) is 17.7 Å². The molecular weight excluding hydrogens is 438 g/mol. The van der Waals surface area contributed by atoms with Crippen LogP contribution >= 0.6 is 0 Å². The number of para-hydroxylation sites is 1. The lowest BCUT2D eigenvalue weighted by molar-refractivity contribution is -0.135. The maximum Gasteiger partial charge on any atom is 0.261 e. The second kappa shape index (κ2) is 10.5. The number of carbonyl (C=O) groups excluding carboxylic acids is 1. The van der Waals surface area contributed by atoms with Gasteiger partial charge in [-0.05, 0) is 42.0 Å². The summed E-state index contributed by atoms with van der Waals surface area (Å²) >= 11 is 0. The van der Waals surface area contributed by atoms with Gasteiger partial charge in [-0.3, -0.25) is 14.4 Å². The molecule has 1 heterocycles. The molecule has 4 rings (SSSR count). The quantitative estimate of drug-likeness (QED) is 0.553. The van der Waals surface area contributed by atoms with Crippen molar-refractivity contribution in [2.45, 2.75) is 11.4 Å². The highest BCUT2D eigenvalue weighted by Gasteiger charge is 2.21. The van der Waals surface area contributed by atoms with Crippen LogP contribution in [0, 0.1) is 0 Å². The molecule has 3 aromatic rings. The van der Waals surface area contributed by atoms with Crippen molar-refractivity contribution >= 4 is 21.6 Å². The minimum Gasteiger partial charge on any atom is -0.484 e. The summed E-state index contributed by atoms with van der Waals surface area (Å²) < 4.78 is 33.2. The number of hydrogen-bond donors (Lipinski definition) is 1. The average Bonchev–Trinajstić information content (AvgIpc) is 2.84. The molecule has 1 saturated heterocycles. The molecule has 7 nitrogen and oxygen atoms in total. The summed E-state index contributed by atoms with van der Waals surface area (Å²) in [5, 5.41) is 0. The molecule has 1 aliphatic rings. The number of amides is 1. The molecule has 0 radical (unpaired) electrons. The summed E-state index contributed by atoms with van der Waals surface area (Å²) in [7, 11) is -3.69. The summed E-state index contributed by atoms with van der Waals surface area (Å²) in [6, 6.07) is 25.1. The van der Waals surface area contributed by atoms with Crippen LogP contribution in [0.25, 0.3) is 0 Å². The predicted octanol–water partition coefficient (Wildman–Crippen LogP) is 3.21. The van der Waals surface area contributed by atoms with Crippen molar-refractivity contribution in [3.63, 3.8) is 0 Å². The summed E-state index contributed by atoms with van der Waals surface area (Å²) in [5.41, 5.74) is 1.76. The zero-order valence-corrected chi connectivity index (χ0v) is 19.1. The number of anilines is 1. The van der Waals surface area contributed by atoms with Crippen LogP contribution in [-0.4, -0.2) is 56.9 Å². The number of ether oxygens (including phenoxy) is 1. The number of sulfonamides is 1. The molecule has 1 fully saturated rings. The number of nitrogens with one attached hydrogen (secondary N) is 1. The zero-order valence-electron chi connectivity index (χ0n) is 18.3. The minimum absolute atomic E-state index is 0.0724. The van der Waals surface area contributed by atoms with Crippen molar-refractivity contribution in [2.24, 2.45) is 0 Å². The molecule has 0 saturated carbocycles. The SMILES string of the molecule is O=C(COc1ccc(S(=O)(=O)Nc2ccccc2)cc1)N1CCN(Cc2ccccc2)CC1. The third kappa shape index (κ3) is 6.34. The van der Waals surface area contributed by atoms with Crippen LogP contribution in [0.1, 0.15) is 5.56 Å². The summed E-state index contributed by atoms with van der Waals surface area (Å²) in [6.07, 6.45) is 0. The second-order valence-electron chi connectivity index (χ2n) is 7.87. The van der Waals surface area contributed by atoms with Crippen LogP contribution < -0.4 is 9.46 Å². The lowest BCUT2D eigenvalue weighted by Gasteiger charge is -2.34. The number of nitrogens with zero attached hydrogens (tertiary/aromatic N) is 2. The normalized spacial score (nSPS) is 14.6.